The topological polar surface area (TPSA) is 73.8 Å². The summed E-state index contributed by atoms with van der Waals surface area (Å²) in [7, 11) is 0. The van der Waals surface area contributed by atoms with Gasteiger partial charge in [0.15, 0.2) is 5.82 Å². The lowest BCUT2D eigenvalue weighted by Crippen LogP contribution is -2.34. The van der Waals surface area contributed by atoms with Crippen molar-refractivity contribution < 1.29 is 22.7 Å². The number of H-pyrrole nitrogens is 1. The Labute approximate surface area is 170 Å². The van der Waals surface area contributed by atoms with E-state index >= 15 is 0 Å². The van der Waals surface area contributed by atoms with Crippen molar-refractivity contribution in [2.24, 2.45) is 4.99 Å². The van der Waals surface area contributed by atoms with Crippen molar-refractivity contribution in [3.63, 3.8) is 0 Å². The summed E-state index contributed by atoms with van der Waals surface area (Å²) in [6, 6.07) is 4.30. The molecule has 1 aromatic heterocycles. The van der Waals surface area contributed by atoms with E-state index in [9.17, 15) is 18.0 Å². The minimum Gasteiger partial charge on any atom is -0.410 e. The van der Waals surface area contributed by atoms with Crippen molar-refractivity contribution in [1.29, 1.82) is 0 Å². The minimum atomic E-state index is -3.01. The Morgan fingerprint density at radius 1 is 1.37 bits per heavy atom. The lowest BCUT2D eigenvalue weighted by atomic mass is 10.0. The zero-order valence-corrected chi connectivity index (χ0v) is 16.2. The van der Waals surface area contributed by atoms with E-state index in [-0.39, 0.29) is 17.9 Å². The quantitative estimate of drug-likeness (QED) is 0.811. The van der Waals surface area contributed by atoms with Gasteiger partial charge in [0.1, 0.15) is 17.9 Å². The number of amides is 1. The van der Waals surface area contributed by atoms with Gasteiger partial charge in [-0.1, -0.05) is 6.92 Å². The number of ether oxygens (including phenoxy) is 1. The number of hydrogen-bond donors (Lipinski definition) is 1. The van der Waals surface area contributed by atoms with Gasteiger partial charge in [-0.25, -0.2) is 23.0 Å². The number of rotatable bonds is 4. The maximum atomic E-state index is 14.4. The molecule has 1 atom stereocenters. The molecule has 30 heavy (non-hydrogen) atoms. The summed E-state index contributed by atoms with van der Waals surface area (Å²) in [6.07, 6.45) is 3.88. The number of aliphatic imine (C=N–C) groups is 1. The number of aromatic amines is 1. The van der Waals surface area contributed by atoms with Crippen molar-refractivity contribution in [3.05, 3.63) is 53.6 Å². The summed E-state index contributed by atoms with van der Waals surface area (Å²) in [5.41, 5.74) is 0.952. The molecule has 3 heterocycles. The largest absolute Gasteiger partial charge is 0.420 e. The first kappa shape index (κ1) is 20.0. The highest BCUT2D eigenvalue weighted by Crippen LogP contribution is 2.45. The molecule has 0 saturated carbocycles. The smallest absolute Gasteiger partial charge is 0.410 e. The van der Waals surface area contributed by atoms with Gasteiger partial charge < -0.3 is 9.64 Å². The number of hydrogen-bond acceptors (Lipinski definition) is 5. The predicted molar refractivity (Wildman–Crippen MR) is 104 cm³/mol. The molecule has 0 bridgehead atoms. The van der Waals surface area contributed by atoms with Gasteiger partial charge in [-0.05, 0) is 30.7 Å². The van der Waals surface area contributed by atoms with E-state index < -0.39 is 36.8 Å². The Hall–Kier alpha value is -3.30. The second-order valence-electron chi connectivity index (χ2n) is 7.16. The molecule has 2 aliphatic heterocycles. The fourth-order valence-electron chi connectivity index (χ4n) is 3.55. The summed E-state index contributed by atoms with van der Waals surface area (Å²) >= 11 is 0. The number of anilines is 1. The van der Waals surface area contributed by atoms with Gasteiger partial charge in [0.2, 0.25) is 0 Å². The van der Waals surface area contributed by atoms with E-state index in [1.807, 2.05) is 6.92 Å². The van der Waals surface area contributed by atoms with Crippen LogP contribution in [0.1, 0.15) is 30.6 Å². The highest BCUT2D eigenvalue weighted by atomic mass is 19.3. The van der Waals surface area contributed by atoms with Crippen LogP contribution in [0.15, 0.2) is 41.5 Å². The molecule has 158 valence electrons. The van der Waals surface area contributed by atoms with Crippen LogP contribution in [0.5, 0.6) is 5.75 Å². The number of halogens is 3. The molecular weight excluding hydrogens is 399 g/mol. The van der Waals surface area contributed by atoms with Crippen LogP contribution in [0.2, 0.25) is 0 Å². The van der Waals surface area contributed by atoms with Gasteiger partial charge in [-0.2, -0.15) is 5.10 Å². The molecule has 1 N–H and O–H groups in total. The Bertz CT molecular complexity index is 1000. The third kappa shape index (κ3) is 4.03. The number of aryl methyl sites for hydroxylation is 1. The summed E-state index contributed by atoms with van der Waals surface area (Å²) in [4.78, 5) is 18.9. The van der Waals surface area contributed by atoms with Gasteiger partial charge in [-0.15, -0.1) is 0 Å². The Morgan fingerprint density at radius 3 is 2.90 bits per heavy atom. The number of nitrogens with zero attached hydrogens (tertiary/aromatic N) is 4. The Balaban J connectivity index is 1.67. The molecule has 7 nitrogen and oxygen atoms in total. The van der Waals surface area contributed by atoms with Crippen LogP contribution in [-0.2, 0) is 6.42 Å². The number of nitrogens with one attached hydrogen (secondary N) is 1. The molecule has 1 aromatic carbocycles. The van der Waals surface area contributed by atoms with Crippen LogP contribution < -0.4 is 9.64 Å². The first-order valence-electron chi connectivity index (χ1n) is 9.51. The van der Waals surface area contributed by atoms with Crippen LogP contribution in [0.25, 0.3) is 0 Å². The van der Waals surface area contributed by atoms with Gasteiger partial charge in [0.25, 0.3) is 5.92 Å². The fraction of sp³-hybridized carbons (Fsp3) is 0.350. The number of benzene rings is 1. The predicted octanol–water partition coefficient (Wildman–Crippen LogP) is 4.05. The van der Waals surface area contributed by atoms with Crippen molar-refractivity contribution in [1.82, 2.24) is 15.1 Å². The molecular formula is C20H20F3N5O2. The molecule has 4 rings (SSSR count). The molecule has 1 unspecified atom stereocenters. The van der Waals surface area contributed by atoms with E-state index in [2.05, 4.69) is 15.2 Å². The lowest BCUT2D eigenvalue weighted by molar-refractivity contribution is 0.0222. The Morgan fingerprint density at radius 2 is 2.20 bits per heavy atom. The minimum absolute atomic E-state index is 0.0169. The molecule has 0 aliphatic carbocycles. The van der Waals surface area contributed by atoms with Gasteiger partial charge in [0, 0.05) is 36.5 Å². The van der Waals surface area contributed by atoms with Gasteiger partial charge in [0.05, 0.1) is 12.6 Å². The molecule has 10 heteroatoms. The normalized spacial score (nSPS) is 20.1. The van der Waals surface area contributed by atoms with Gasteiger partial charge in [-0.3, -0.25) is 10.00 Å². The SMILES string of the molecule is CCc1cc(N2CC(F)(F)CC2c2cc(F)ccc2OC(=O)N2C=NC=CC2)n[nH]1. The summed E-state index contributed by atoms with van der Waals surface area (Å²) in [5.74, 6) is -3.26. The maximum absolute atomic E-state index is 14.4. The fourth-order valence-corrected chi connectivity index (χ4v) is 3.55. The van der Waals surface area contributed by atoms with Crippen LogP contribution in [0, 0.1) is 5.82 Å². The second-order valence-corrected chi connectivity index (χ2v) is 7.16. The molecule has 1 saturated heterocycles. The molecule has 2 aromatic rings. The van der Waals surface area contributed by atoms with Crippen molar-refractivity contribution >= 4 is 18.2 Å². The van der Waals surface area contributed by atoms with Crippen molar-refractivity contribution in [3.8, 4) is 5.75 Å². The number of carbonyl (C=O) groups is 1. The van der Waals surface area contributed by atoms with Crippen LogP contribution in [0.3, 0.4) is 0 Å². The molecule has 0 radical (unpaired) electrons. The number of carbonyl (C=O) groups excluding carboxylic acids is 1. The average molecular weight is 419 g/mol. The monoisotopic (exact) mass is 419 g/mol. The molecule has 1 amide bonds. The summed E-state index contributed by atoms with van der Waals surface area (Å²) < 4.78 is 48.2. The van der Waals surface area contributed by atoms with E-state index in [4.69, 9.17) is 4.74 Å². The summed E-state index contributed by atoms with van der Waals surface area (Å²) in [5, 5.41) is 6.94. The highest BCUT2D eigenvalue weighted by molar-refractivity contribution is 5.85. The van der Waals surface area contributed by atoms with Crippen LogP contribution >= 0.6 is 0 Å². The summed E-state index contributed by atoms with van der Waals surface area (Å²) in [6.45, 7) is 1.61. The zero-order valence-electron chi connectivity index (χ0n) is 16.2. The second kappa shape index (κ2) is 7.85. The maximum Gasteiger partial charge on any atom is 0.420 e. The van der Waals surface area contributed by atoms with E-state index in [1.165, 1.54) is 22.2 Å². The molecule has 0 spiro atoms. The first-order chi connectivity index (χ1) is 14.4. The van der Waals surface area contributed by atoms with Crippen molar-refractivity contribution in [2.45, 2.75) is 31.7 Å². The molecule has 2 aliphatic rings. The van der Waals surface area contributed by atoms with Crippen LogP contribution in [0.4, 0.5) is 23.8 Å². The highest BCUT2D eigenvalue weighted by Gasteiger charge is 2.47. The standard InChI is InChI=1S/C20H20F3N5O2/c1-2-14-9-18(26-25-14)28-11-20(22,23)10-16(28)15-8-13(21)4-5-17(15)30-19(29)27-7-3-6-24-12-27/h3-6,8-9,12,16H,2,7,10-11H2,1H3,(H,25,26). The average Bonchev–Trinajstić information content (AvgIpc) is 3.33. The van der Waals surface area contributed by atoms with E-state index in [0.29, 0.717) is 12.2 Å². The number of aromatic nitrogens is 2. The van der Waals surface area contributed by atoms with Crippen molar-refractivity contribution in [2.75, 3.05) is 18.0 Å². The van der Waals surface area contributed by atoms with Gasteiger partial charge >= 0.3 is 6.09 Å². The first-order valence-corrected chi connectivity index (χ1v) is 9.51. The molecule has 1 fully saturated rings. The number of alkyl halides is 2. The third-order valence-electron chi connectivity index (χ3n) is 5.02. The van der Waals surface area contributed by atoms with Crippen LogP contribution in [-0.4, -0.2) is 46.5 Å². The third-order valence-corrected chi connectivity index (χ3v) is 5.02. The van der Waals surface area contributed by atoms with E-state index in [0.717, 1.165) is 17.8 Å². The Kier molecular flexibility index (Phi) is 5.23. The lowest BCUT2D eigenvalue weighted by Gasteiger charge is -2.26. The van der Waals surface area contributed by atoms with E-state index in [1.54, 1.807) is 18.3 Å². The zero-order chi connectivity index (χ0) is 21.3.